The normalized spacial score (nSPS) is 20.8. The lowest BCUT2D eigenvalue weighted by atomic mass is 9.68. The molecule has 1 aromatic heterocycles. The SMILES string of the molecule is CC1(C)CC(=O)C2=C(C1)C(c1cccnc1)Nc1ccc3ccccc3c12. The molecule has 1 aliphatic heterocycles. The number of allylic oxidation sites excluding steroid dienone is 1. The van der Waals surface area contributed by atoms with Crippen LogP contribution in [0, 0.1) is 5.41 Å². The van der Waals surface area contributed by atoms with Gasteiger partial charge in [-0.2, -0.15) is 0 Å². The number of pyridine rings is 1. The Morgan fingerprint density at radius 1 is 1.04 bits per heavy atom. The lowest BCUT2D eigenvalue weighted by Crippen LogP contribution is -2.32. The van der Waals surface area contributed by atoms with Crippen LogP contribution in [0.5, 0.6) is 0 Å². The Kier molecular flexibility index (Phi) is 3.48. The van der Waals surface area contributed by atoms with Crippen molar-refractivity contribution in [2.24, 2.45) is 5.41 Å². The second-order valence-electron chi connectivity index (χ2n) is 8.41. The molecular weight excluding hydrogens is 332 g/mol. The fourth-order valence-electron chi connectivity index (χ4n) is 4.65. The highest BCUT2D eigenvalue weighted by molar-refractivity contribution is 6.28. The largest absolute Gasteiger partial charge is 0.374 e. The lowest BCUT2D eigenvalue weighted by Gasteiger charge is -2.40. The monoisotopic (exact) mass is 354 g/mol. The maximum absolute atomic E-state index is 13.3. The number of carbonyl (C=O) groups excluding carboxylic acids is 1. The third-order valence-corrected chi connectivity index (χ3v) is 5.75. The summed E-state index contributed by atoms with van der Waals surface area (Å²) < 4.78 is 0. The molecule has 3 heteroatoms. The lowest BCUT2D eigenvalue weighted by molar-refractivity contribution is -0.116. The molecule has 1 aliphatic carbocycles. The Morgan fingerprint density at radius 2 is 1.89 bits per heavy atom. The van der Waals surface area contributed by atoms with Gasteiger partial charge < -0.3 is 5.32 Å². The minimum Gasteiger partial charge on any atom is -0.374 e. The molecule has 0 amide bonds. The van der Waals surface area contributed by atoms with Gasteiger partial charge in [0.25, 0.3) is 0 Å². The number of anilines is 1. The number of ketones is 1. The summed E-state index contributed by atoms with van der Waals surface area (Å²) in [7, 11) is 0. The van der Waals surface area contributed by atoms with E-state index in [4.69, 9.17) is 0 Å². The van der Waals surface area contributed by atoms with Crippen molar-refractivity contribution in [1.82, 2.24) is 4.98 Å². The zero-order valence-corrected chi connectivity index (χ0v) is 15.6. The van der Waals surface area contributed by atoms with Crippen molar-refractivity contribution < 1.29 is 4.79 Å². The van der Waals surface area contributed by atoms with Crippen molar-refractivity contribution in [3.05, 3.63) is 77.6 Å². The third kappa shape index (κ3) is 2.57. The first kappa shape index (κ1) is 16.2. The number of fused-ring (bicyclic) bond motifs is 4. The molecule has 1 unspecified atom stereocenters. The van der Waals surface area contributed by atoms with E-state index < -0.39 is 0 Å². The second kappa shape index (κ2) is 5.78. The Labute approximate surface area is 159 Å². The first-order chi connectivity index (χ1) is 13.0. The van der Waals surface area contributed by atoms with Gasteiger partial charge in [0.2, 0.25) is 0 Å². The third-order valence-electron chi connectivity index (χ3n) is 5.75. The average Bonchev–Trinajstić information content (AvgIpc) is 2.66. The van der Waals surface area contributed by atoms with Gasteiger partial charge in [0.05, 0.1) is 6.04 Å². The number of Topliss-reactive ketones (excluding diaryl/α,β-unsaturated/α-hetero) is 1. The summed E-state index contributed by atoms with van der Waals surface area (Å²) in [4.78, 5) is 17.6. The molecule has 27 heavy (non-hydrogen) atoms. The summed E-state index contributed by atoms with van der Waals surface area (Å²) in [6.45, 7) is 4.38. The van der Waals surface area contributed by atoms with Gasteiger partial charge in [0.15, 0.2) is 5.78 Å². The first-order valence-electron chi connectivity index (χ1n) is 9.48. The van der Waals surface area contributed by atoms with Crippen molar-refractivity contribution >= 4 is 27.8 Å². The topological polar surface area (TPSA) is 42.0 Å². The standard InChI is InChI=1S/C24H22N2O/c1-24(2)12-18-22(20(27)13-24)21-17-8-4-3-6-15(17)9-10-19(21)26-23(18)16-7-5-11-25-14-16/h3-11,14,23,26H,12-13H2,1-2H3. The molecule has 2 aliphatic rings. The quantitative estimate of drug-likeness (QED) is 0.623. The number of rotatable bonds is 1. The fourth-order valence-corrected chi connectivity index (χ4v) is 4.65. The van der Waals surface area contributed by atoms with Gasteiger partial charge in [-0.3, -0.25) is 9.78 Å². The maximum Gasteiger partial charge on any atom is 0.164 e. The molecule has 134 valence electrons. The molecule has 2 aromatic carbocycles. The molecule has 0 saturated heterocycles. The van der Waals surface area contributed by atoms with Crippen LogP contribution in [0.2, 0.25) is 0 Å². The maximum atomic E-state index is 13.3. The number of hydrogen-bond donors (Lipinski definition) is 1. The fraction of sp³-hybridized carbons (Fsp3) is 0.250. The molecule has 0 fully saturated rings. The van der Waals surface area contributed by atoms with Gasteiger partial charge in [-0.1, -0.05) is 50.2 Å². The summed E-state index contributed by atoms with van der Waals surface area (Å²) in [5.74, 6) is 0.259. The van der Waals surface area contributed by atoms with E-state index >= 15 is 0 Å². The molecule has 1 N–H and O–H groups in total. The molecule has 0 saturated carbocycles. The van der Waals surface area contributed by atoms with Crippen LogP contribution in [0.25, 0.3) is 16.3 Å². The Bertz CT molecular complexity index is 1100. The van der Waals surface area contributed by atoms with Crippen LogP contribution < -0.4 is 5.32 Å². The number of nitrogens with one attached hydrogen (secondary N) is 1. The van der Waals surface area contributed by atoms with Crippen LogP contribution in [0.4, 0.5) is 5.69 Å². The zero-order valence-electron chi connectivity index (χ0n) is 15.6. The Hall–Kier alpha value is -2.94. The molecule has 2 heterocycles. The van der Waals surface area contributed by atoms with E-state index in [-0.39, 0.29) is 17.2 Å². The molecular formula is C24H22N2O. The summed E-state index contributed by atoms with van der Waals surface area (Å²) in [5.41, 5.74) is 5.31. The number of benzene rings is 2. The van der Waals surface area contributed by atoms with Crippen LogP contribution in [0.3, 0.4) is 0 Å². The number of aromatic nitrogens is 1. The average molecular weight is 354 g/mol. The number of nitrogens with zero attached hydrogens (tertiary/aromatic N) is 1. The Balaban J connectivity index is 1.82. The van der Waals surface area contributed by atoms with E-state index in [1.165, 1.54) is 11.0 Å². The van der Waals surface area contributed by atoms with Gasteiger partial charge in [-0.05, 0) is 45.9 Å². The highest BCUT2D eigenvalue weighted by Crippen LogP contribution is 2.51. The molecule has 5 rings (SSSR count). The van der Waals surface area contributed by atoms with Crippen molar-refractivity contribution in [3.63, 3.8) is 0 Å². The van der Waals surface area contributed by atoms with Gasteiger partial charge in [-0.25, -0.2) is 0 Å². The molecule has 0 bridgehead atoms. The first-order valence-corrected chi connectivity index (χ1v) is 9.48. The number of carbonyl (C=O) groups is 1. The summed E-state index contributed by atoms with van der Waals surface area (Å²) in [6.07, 6.45) is 5.19. The van der Waals surface area contributed by atoms with Gasteiger partial charge in [-0.15, -0.1) is 0 Å². The minimum absolute atomic E-state index is 0.00844. The number of hydrogen-bond acceptors (Lipinski definition) is 3. The molecule has 3 aromatic rings. The van der Waals surface area contributed by atoms with Crippen molar-refractivity contribution in [1.29, 1.82) is 0 Å². The van der Waals surface area contributed by atoms with E-state index in [2.05, 4.69) is 54.5 Å². The predicted octanol–water partition coefficient (Wildman–Crippen LogP) is 5.54. The highest BCUT2D eigenvalue weighted by atomic mass is 16.1. The molecule has 1 atom stereocenters. The van der Waals surface area contributed by atoms with Crippen LogP contribution in [0.1, 0.15) is 43.9 Å². The van der Waals surface area contributed by atoms with E-state index in [1.807, 2.05) is 24.4 Å². The van der Waals surface area contributed by atoms with E-state index in [9.17, 15) is 4.79 Å². The minimum atomic E-state index is -0.0276. The van der Waals surface area contributed by atoms with E-state index in [1.54, 1.807) is 6.20 Å². The predicted molar refractivity (Wildman–Crippen MR) is 109 cm³/mol. The van der Waals surface area contributed by atoms with Gasteiger partial charge in [0, 0.05) is 35.6 Å². The zero-order chi connectivity index (χ0) is 18.6. The van der Waals surface area contributed by atoms with Crippen molar-refractivity contribution in [2.45, 2.75) is 32.7 Å². The molecule has 0 spiro atoms. The van der Waals surface area contributed by atoms with Crippen LogP contribution >= 0.6 is 0 Å². The van der Waals surface area contributed by atoms with Crippen LogP contribution in [-0.4, -0.2) is 10.8 Å². The molecule has 3 nitrogen and oxygen atoms in total. The van der Waals surface area contributed by atoms with Crippen LogP contribution in [-0.2, 0) is 4.79 Å². The smallest absolute Gasteiger partial charge is 0.164 e. The van der Waals surface area contributed by atoms with Crippen LogP contribution in [0.15, 0.2) is 66.5 Å². The van der Waals surface area contributed by atoms with Gasteiger partial charge in [0.1, 0.15) is 0 Å². The Morgan fingerprint density at radius 3 is 2.70 bits per heavy atom. The summed E-state index contributed by atoms with van der Waals surface area (Å²) >= 11 is 0. The highest BCUT2D eigenvalue weighted by Gasteiger charge is 2.40. The van der Waals surface area contributed by atoms with E-state index in [0.717, 1.165) is 34.2 Å². The summed E-state index contributed by atoms with van der Waals surface area (Å²) in [5, 5.41) is 6.03. The van der Waals surface area contributed by atoms with Gasteiger partial charge >= 0.3 is 0 Å². The molecule has 0 radical (unpaired) electrons. The van der Waals surface area contributed by atoms with Crippen molar-refractivity contribution in [2.75, 3.05) is 5.32 Å². The van der Waals surface area contributed by atoms with Crippen molar-refractivity contribution in [3.8, 4) is 0 Å². The second-order valence-corrected chi connectivity index (χ2v) is 8.41. The summed E-state index contributed by atoms with van der Waals surface area (Å²) in [6, 6.07) is 16.6. The van der Waals surface area contributed by atoms with E-state index in [0.29, 0.717) is 6.42 Å².